The van der Waals surface area contributed by atoms with Crippen LogP contribution in [0.2, 0.25) is 0 Å². The van der Waals surface area contributed by atoms with E-state index in [1.165, 1.54) is 17.8 Å². The molecule has 0 saturated carbocycles. The number of halogens is 1. The van der Waals surface area contributed by atoms with E-state index in [0.717, 1.165) is 30.3 Å². The number of amides is 1. The van der Waals surface area contributed by atoms with Gasteiger partial charge in [-0.25, -0.2) is 4.39 Å². The summed E-state index contributed by atoms with van der Waals surface area (Å²) in [6, 6.07) is 8.69. The molecule has 25 heavy (non-hydrogen) atoms. The number of rotatable bonds is 3. The summed E-state index contributed by atoms with van der Waals surface area (Å²) in [4.78, 5) is 17.5. The quantitative estimate of drug-likeness (QED) is 0.872. The molecule has 5 nitrogen and oxygen atoms in total. The van der Waals surface area contributed by atoms with Crippen molar-refractivity contribution in [2.45, 2.75) is 13.3 Å². The molecule has 0 spiro atoms. The number of nitrogens with one attached hydrogen (secondary N) is 1. The Labute approximate surface area is 145 Å². The first kappa shape index (κ1) is 16.7. The van der Waals surface area contributed by atoms with Crippen molar-refractivity contribution in [1.82, 2.24) is 9.88 Å². The van der Waals surface area contributed by atoms with Crippen molar-refractivity contribution in [3.05, 3.63) is 65.2 Å². The molecule has 0 bridgehead atoms. The zero-order chi connectivity index (χ0) is 17.8. The van der Waals surface area contributed by atoms with Crippen LogP contribution in [0.15, 0.2) is 48.3 Å². The van der Waals surface area contributed by atoms with E-state index < -0.39 is 11.7 Å². The van der Waals surface area contributed by atoms with Crippen LogP contribution in [0.4, 0.5) is 10.1 Å². The highest BCUT2D eigenvalue weighted by Gasteiger charge is 2.17. The van der Waals surface area contributed by atoms with E-state index in [-0.39, 0.29) is 5.56 Å². The normalized spacial score (nSPS) is 14.2. The Bertz CT molecular complexity index is 868. The molecule has 0 radical (unpaired) electrons. The summed E-state index contributed by atoms with van der Waals surface area (Å²) in [5, 5.41) is 11.8. The average molecular weight is 336 g/mol. The molecule has 1 aliphatic rings. The Kier molecular flexibility index (Phi) is 4.75. The molecule has 1 aromatic heterocycles. The second kappa shape index (κ2) is 7.14. The molecule has 1 aliphatic heterocycles. The molecule has 1 N–H and O–H groups in total. The van der Waals surface area contributed by atoms with Crippen LogP contribution in [0, 0.1) is 17.3 Å². The number of pyridine rings is 1. The van der Waals surface area contributed by atoms with Gasteiger partial charge in [0.15, 0.2) is 12.0 Å². The number of aromatic nitrogens is 1. The van der Waals surface area contributed by atoms with Gasteiger partial charge in [0.05, 0.1) is 18.3 Å². The van der Waals surface area contributed by atoms with Gasteiger partial charge in [-0.2, -0.15) is 5.26 Å². The van der Waals surface area contributed by atoms with E-state index in [0.29, 0.717) is 12.2 Å². The Morgan fingerprint density at radius 2 is 2.08 bits per heavy atom. The summed E-state index contributed by atoms with van der Waals surface area (Å²) in [6.45, 7) is 3.42. The standard InChI is InChI=1S/C19H17FN4O/c1-13-7-9-24(12-21)11-17(13)14-2-4-15(5-3-14)23-19(25)16-6-8-22-10-18(16)20/h2-6,8,10H,7,9,11H2,1H3,(H,23,25). The third-order valence-electron chi connectivity index (χ3n) is 4.27. The average Bonchev–Trinajstić information content (AvgIpc) is 2.63. The van der Waals surface area contributed by atoms with Crippen molar-refractivity contribution in [2.75, 3.05) is 18.4 Å². The first-order chi connectivity index (χ1) is 12.1. The summed E-state index contributed by atoms with van der Waals surface area (Å²) in [5.74, 6) is -1.17. The lowest BCUT2D eigenvalue weighted by Crippen LogP contribution is -2.26. The number of carbonyl (C=O) groups excluding carboxylic acids is 1. The van der Waals surface area contributed by atoms with Crippen molar-refractivity contribution < 1.29 is 9.18 Å². The minimum Gasteiger partial charge on any atom is -0.322 e. The SMILES string of the molecule is CC1=C(c2ccc(NC(=O)c3ccncc3F)cc2)CN(C#N)CC1. The van der Waals surface area contributed by atoms with E-state index in [2.05, 4.69) is 23.4 Å². The topological polar surface area (TPSA) is 69.0 Å². The molecule has 0 atom stereocenters. The lowest BCUT2D eigenvalue weighted by Gasteiger charge is -2.25. The molecule has 2 aromatic rings. The van der Waals surface area contributed by atoms with E-state index in [1.54, 1.807) is 17.0 Å². The Morgan fingerprint density at radius 3 is 2.76 bits per heavy atom. The van der Waals surface area contributed by atoms with Crippen molar-refractivity contribution >= 4 is 17.2 Å². The third-order valence-corrected chi connectivity index (χ3v) is 4.27. The summed E-state index contributed by atoms with van der Waals surface area (Å²) in [7, 11) is 0. The molecule has 0 fully saturated rings. The number of carbonyl (C=O) groups is 1. The molecule has 0 saturated heterocycles. The summed E-state index contributed by atoms with van der Waals surface area (Å²) >= 11 is 0. The second-order valence-electron chi connectivity index (χ2n) is 5.92. The molecular weight excluding hydrogens is 319 g/mol. The zero-order valence-electron chi connectivity index (χ0n) is 13.8. The van der Waals surface area contributed by atoms with Gasteiger partial charge in [0.1, 0.15) is 0 Å². The lowest BCUT2D eigenvalue weighted by atomic mass is 9.95. The van der Waals surface area contributed by atoms with E-state index in [4.69, 9.17) is 5.26 Å². The number of hydrogen-bond donors (Lipinski definition) is 1. The van der Waals surface area contributed by atoms with Crippen molar-refractivity contribution in [2.24, 2.45) is 0 Å². The van der Waals surface area contributed by atoms with Crippen LogP contribution in [-0.2, 0) is 0 Å². The van der Waals surface area contributed by atoms with Crippen LogP contribution < -0.4 is 5.32 Å². The number of hydrogen-bond acceptors (Lipinski definition) is 4. The van der Waals surface area contributed by atoms with Crippen LogP contribution in [-0.4, -0.2) is 28.9 Å². The number of benzene rings is 1. The molecule has 3 rings (SSSR count). The summed E-state index contributed by atoms with van der Waals surface area (Å²) in [6.07, 6.45) is 5.44. The van der Waals surface area contributed by atoms with Gasteiger partial charge in [-0.3, -0.25) is 9.78 Å². The minimum absolute atomic E-state index is 0.0467. The van der Waals surface area contributed by atoms with Gasteiger partial charge >= 0.3 is 0 Å². The van der Waals surface area contributed by atoms with Crippen LogP contribution in [0.5, 0.6) is 0 Å². The lowest BCUT2D eigenvalue weighted by molar-refractivity contribution is 0.102. The van der Waals surface area contributed by atoms with Crippen LogP contribution in [0.1, 0.15) is 29.3 Å². The predicted octanol–water partition coefficient (Wildman–Crippen LogP) is 3.43. The van der Waals surface area contributed by atoms with Gasteiger partial charge < -0.3 is 10.2 Å². The maximum absolute atomic E-state index is 13.6. The smallest absolute Gasteiger partial charge is 0.258 e. The van der Waals surface area contributed by atoms with Crippen LogP contribution in [0.3, 0.4) is 0 Å². The fourth-order valence-corrected chi connectivity index (χ4v) is 2.79. The first-order valence-corrected chi connectivity index (χ1v) is 7.93. The van der Waals surface area contributed by atoms with Gasteiger partial charge in [0.25, 0.3) is 5.91 Å². The zero-order valence-corrected chi connectivity index (χ0v) is 13.8. The maximum Gasteiger partial charge on any atom is 0.258 e. The van der Waals surface area contributed by atoms with E-state index in [9.17, 15) is 9.18 Å². The highest BCUT2D eigenvalue weighted by molar-refractivity contribution is 6.04. The molecule has 1 aromatic carbocycles. The van der Waals surface area contributed by atoms with Gasteiger partial charge in [-0.1, -0.05) is 17.7 Å². The van der Waals surface area contributed by atoms with Crippen molar-refractivity contribution in [3.8, 4) is 6.19 Å². The van der Waals surface area contributed by atoms with Crippen LogP contribution in [0.25, 0.3) is 5.57 Å². The molecule has 126 valence electrons. The monoisotopic (exact) mass is 336 g/mol. The number of nitriles is 1. The third kappa shape index (κ3) is 3.66. The molecule has 2 heterocycles. The highest BCUT2D eigenvalue weighted by Crippen LogP contribution is 2.27. The van der Waals surface area contributed by atoms with Gasteiger partial charge in [0, 0.05) is 18.4 Å². The van der Waals surface area contributed by atoms with Crippen molar-refractivity contribution in [3.63, 3.8) is 0 Å². The van der Waals surface area contributed by atoms with E-state index >= 15 is 0 Å². The number of nitrogens with zero attached hydrogens (tertiary/aromatic N) is 3. The first-order valence-electron chi connectivity index (χ1n) is 7.93. The fraction of sp³-hybridized carbons (Fsp3) is 0.211. The van der Waals surface area contributed by atoms with Crippen LogP contribution >= 0.6 is 0 Å². The Balaban J connectivity index is 1.76. The molecule has 0 aliphatic carbocycles. The van der Waals surface area contributed by atoms with Crippen molar-refractivity contribution in [1.29, 1.82) is 5.26 Å². The Hall–Kier alpha value is -3.20. The summed E-state index contributed by atoms with van der Waals surface area (Å²) in [5.41, 5.74) is 3.95. The molecule has 6 heteroatoms. The second-order valence-corrected chi connectivity index (χ2v) is 5.92. The van der Waals surface area contributed by atoms with Gasteiger partial charge in [-0.15, -0.1) is 0 Å². The highest BCUT2D eigenvalue weighted by atomic mass is 19.1. The Morgan fingerprint density at radius 1 is 1.32 bits per heavy atom. The fourth-order valence-electron chi connectivity index (χ4n) is 2.79. The van der Waals surface area contributed by atoms with E-state index in [1.807, 2.05) is 12.1 Å². The molecule has 0 unspecified atom stereocenters. The number of anilines is 1. The maximum atomic E-state index is 13.6. The predicted molar refractivity (Wildman–Crippen MR) is 93.0 cm³/mol. The van der Waals surface area contributed by atoms with Gasteiger partial charge in [-0.05, 0) is 42.7 Å². The summed E-state index contributed by atoms with van der Waals surface area (Å²) < 4.78 is 13.6. The van der Waals surface area contributed by atoms with Gasteiger partial charge in [0.2, 0.25) is 0 Å². The molecular formula is C19H17FN4O. The molecule has 1 amide bonds. The minimum atomic E-state index is -0.656. The largest absolute Gasteiger partial charge is 0.322 e.